The summed E-state index contributed by atoms with van der Waals surface area (Å²) in [5, 5.41) is 9.64. The van der Waals surface area contributed by atoms with E-state index in [-0.39, 0.29) is 22.7 Å². The normalized spacial score (nSPS) is 11.5. The first-order valence-corrected chi connectivity index (χ1v) is 9.47. The molecule has 0 unspecified atom stereocenters. The van der Waals surface area contributed by atoms with Gasteiger partial charge in [-0.2, -0.15) is 0 Å². The van der Waals surface area contributed by atoms with Crippen LogP contribution in [0.15, 0.2) is 63.9 Å². The number of anilines is 1. The largest absolute Gasteiger partial charge is 0.403 e. The molecule has 26 heavy (non-hydrogen) atoms. The van der Waals surface area contributed by atoms with Crippen LogP contribution in [0, 0.1) is 0 Å². The van der Waals surface area contributed by atoms with Crippen LogP contribution in [0.5, 0.6) is 0 Å². The molecule has 0 saturated carbocycles. The lowest BCUT2D eigenvalue weighted by molar-refractivity contribution is 0.102. The summed E-state index contributed by atoms with van der Waals surface area (Å²) in [6.45, 7) is 3.23. The number of nitrogens with zero attached hydrogens (tertiary/aromatic N) is 2. The van der Waals surface area contributed by atoms with E-state index in [2.05, 4.69) is 15.5 Å². The molecule has 2 aromatic carbocycles. The third kappa shape index (κ3) is 3.65. The molecule has 0 bridgehead atoms. The van der Waals surface area contributed by atoms with Gasteiger partial charge in [-0.15, -0.1) is 5.10 Å². The van der Waals surface area contributed by atoms with E-state index < -0.39 is 15.1 Å². The van der Waals surface area contributed by atoms with Crippen molar-refractivity contribution in [2.45, 2.75) is 24.0 Å². The lowest BCUT2D eigenvalue weighted by atomic mass is 10.2. The number of amides is 1. The quantitative estimate of drug-likeness (QED) is 0.739. The topological polar surface area (TPSA) is 102 Å². The monoisotopic (exact) mass is 371 g/mol. The van der Waals surface area contributed by atoms with Crippen molar-refractivity contribution in [2.75, 3.05) is 5.32 Å². The van der Waals surface area contributed by atoms with Crippen molar-refractivity contribution in [3.63, 3.8) is 0 Å². The molecule has 0 aliphatic carbocycles. The van der Waals surface area contributed by atoms with Crippen LogP contribution in [-0.2, 0) is 9.84 Å². The third-order valence-corrected chi connectivity index (χ3v) is 5.86. The maximum Gasteiger partial charge on any atom is 0.322 e. The summed E-state index contributed by atoms with van der Waals surface area (Å²) < 4.78 is 30.0. The number of benzene rings is 2. The molecule has 1 heterocycles. The Labute approximate surface area is 151 Å². The fraction of sp³-hybridized carbons (Fsp3) is 0.167. The molecule has 3 aromatic rings. The second-order valence-corrected chi connectivity index (χ2v) is 8.36. The fourth-order valence-electron chi connectivity index (χ4n) is 2.23. The summed E-state index contributed by atoms with van der Waals surface area (Å²) in [5.74, 6) is -0.258. The van der Waals surface area contributed by atoms with E-state index in [1.807, 2.05) is 0 Å². The molecule has 8 heteroatoms. The first-order chi connectivity index (χ1) is 12.4. The first kappa shape index (κ1) is 17.8. The highest BCUT2D eigenvalue weighted by Crippen LogP contribution is 2.24. The minimum Gasteiger partial charge on any atom is -0.403 e. The van der Waals surface area contributed by atoms with Crippen LogP contribution >= 0.6 is 0 Å². The average molecular weight is 371 g/mol. The van der Waals surface area contributed by atoms with Crippen molar-refractivity contribution < 1.29 is 17.6 Å². The van der Waals surface area contributed by atoms with Crippen molar-refractivity contribution in [3.8, 4) is 11.5 Å². The van der Waals surface area contributed by atoms with Crippen LogP contribution < -0.4 is 5.32 Å². The van der Waals surface area contributed by atoms with Crippen molar-refractivity contribution in [3.05, 3.63) is 60.2 Å². The molecule has 0 aliphatic rings. The van der Waals surface area contributed by atoms with Gasteiger partial charge in [0.2, 0.25) is 5.89 Å². The van der Waals surface area contributed by atoms with Crippen molar-refractivity contribution in [1.82, 2.24) is 10.2 Å². The Morgan fingerprint density at radius 2 is 1.77 bits per heavy atom. The van der Waals surface area contributed by atoms with Gasteiger partial charge in [-0.25, -0.2) is 8.42 Å². The van der Waals surface area contributed by atoms with Crippen LogP contribution in [-0.4, -0.2) is 29.8 Å². The molecule has 0 aliphatic heterocycles. The SMILES string of the molecule is CC(C)S(=O)(=O)c1cccc(-c2nnc(NC(=O)c3ccccc3)o2)c1. The maximum absolute atomic E-state index is 12.3. The summed E-state index contributed by atoms with van der Waals surface area (Å²) >= 11 is 0. The number of rotatable bonds is 5. The van der Waals surface area contributed by atoms with Gasteiger partial charge in [-0.1, -0.05) is 29.4 Å². The van der Waals surface area contributed by atoms with Gasteiger partial charge in [0.1, 0.15) is 0 Å². The molecule has 134 valence electrons. The van der Waals surface area contributed by atoms with E-state index in [0.29, 0.717) is 11.1 Å². The number of hydrogen-bond acceptors (Lipinski definition) is 6. The third-order valence-electron chi connectivity index (χ3n) is 3.71. The second-order valence-electron chi connectivity index (χ2n) is 5.85. The molecule has 1 amide bonds. The van der Waals surface area contributed by atoms with Crippen molar-refractivity contribution >= 4 is 21.8 Å². The molecule has 3 rings (SSSR count). The average Bonchev–Trinajstić information content (AvgIpc) is 3.11. The van der Waals surface area contributed by atoms with Gasteiger partial charge in [0, 0.05) is 11.1 Å². The van der Waals surface area contributed by atoms with E-state index in [0.717, 1.165) is 0 Å². The molecule has 0 spiro atoms. The molecule has 7 nitrogen and oxygen atoms in total. The first-order valence-electron chi connectivity index (χ1n) is 7.92. The Morgan fingerprint density at radius 1 is 1.04 bits per heavy atom. The van der Waals surface area contributed by atoms with Crippen molar-refractivity contribution in [2.24, 2.45) is 0 Å². The lowest BCUT2D eigenvalue weighted by Gasteiger charge is -2.08. The lowest BCUT2D eigenvalue weighted by Crippen LogP contribution is -2.13. The summed E-state index contributed by atoms with van der Waals surface area (Å²) in [4.78, 5) is 12.3. The standard InChI is InChI=1S/C18H17N3O4S/c1-12(2)26(23,24)15-10-6-9-14(11-15)17-20-21-18(25-17)19-16(22)13-7-4-3-5-8-13/h3-12H,1-2H3,(H,19,21,22). The molecule has 0 saturated heterocycles. The van der Waals surface area contributed by atoms with Gasteiger partial charge in [-0.3, -0.25) is 10.1 Å². The summed E-state index contributed by atoms with van der Waals surface area (Å²) in [5.41, 5.74) is 0.914. The predicted octanol–water partition coefficient (Wildman–Crippen LogP) is 3.17. The van der Waals surface area contributed by atoms with Gasteiger partial charge in [0.05, 0.1) is 10.1 Å². The summed E-state index contributed by atoms with van der Waals surface area (Å²) in [6, 6.07) is 14.8. The van der Waals surface area contributed by atoms with E-state index in [1.165, 1.54) is 12.1 Å². The number of carbonyl (C=O) groups is 1. The van der Waals surface area contributed by atoms with Gasteiger partial charge in [0.25, 0.3) is 5.91 Å². The van der Waals surface area contributed by atoms with E-state index in [4.69, 9.17) is 4.42 Å². The van der Waals surface area contributed by atoms with Crippen LogP contribution in [0.1, 0.15) is 24.2 Å². The molecular weight excluding hydrogens is 354 g/mol. The second kappa shape index (κ2) is 7.09. The van der Waals surface area contributed by atoms with Crippen molar-refractivity contribution in [1.29, 1.82) is 0 Å². The Kier molecular flexibility index (Phi) is 4.85. The van der Waals surface area contributed by atoms with Gasteiger partial charge >= 0.3 is 6.01 Å². The highest BCUT2D eigenvalue weighted by Gasteiger charge is 2.20. The highest BCUT2D eigenvalue weighted by atomic mass is 32.2. The zero-order valence-electron chi connectivity index (χ0n) is 14.2. The number of nitrogens with one attached hydrogen (secondary N) is 1. The van der Waals surface area contributed by atoms with E-state index in [9.17, 15) is 13.2 Å². The zero-order valence-corrected chi connectivity index (χ0v) is 15.0. The molecule has 0 atom stereocenters. The van der Waals surface area contributed by atoms with E-state index >= 15 is 0 Å². The molecule has 1 N–H and O–H groups in total. The molecule has 0 fully saturated rings. The van der Waals surface area contributed by atoms with Crippen LogP contribution in [0.25, 0.3) is 11.5 Å². The van der Waals surface area contributed by atoms with Crippen LogP contribution in [0.2, 0.25) is 0 Å². The summed E-state index contributed by atoms with van der Waals surface area (Å²) in [7, 11) is -3.42. The molecule has 1 aromatic heterocycles. The predicted molar refractivity (Wildman–Crippen MR) is 96.5 cm³/mol. The number of aromatic nitrogens is 2. The molecule has 0 radical (unpaired) electrons. The molecular formula is C18H17N3O4S. The van der Waals surface area contributed by atoms with Crippen LogP contribution in [0.4, 0.5) is 6.01 Å². The Balaban J connectivity index is 1.83. The fourth-order valence-corrected chi connectivity index (χ4v) is 3.33. The van der Waals surface area contributed by atoms with Gasteiger partial charge in [0.15, 0.2) is 9.84 Å². The maximum atomic E-state index is 12.3. The Morgan fingerprint density at radius 3 is 2.46 bits per heavy atom. The minimum atomic E-state index is -3.42. The van der Waals surface area contributed by atoms with Gasteiger partial charge < -0.3 is 4.42 Å². The smallest absolute Gasteiger partial charge is 0.322 e. The number of hydrogen-bond donors (Lipinski definition) is 1. The number of sulfone groups is 1. The van der Waals surface area contributed by atoms with E-state index in [1.54, 1.807) is 56.3 Å². The number of carbonyl (C=O) groups excluding carboxylic acids is 1. The Bertz CT molecular complexity index is 1030. The van der Waals surface area contributed by atoms with Crippen LogP contribution in [0.3, 0.4) is 0 Å². The zero-order chi connectivity index (χ0) is 18.7. The van der Waals surface area contributed by atoms with Gasteiger partial charge in [-0.05, 0) is 44.2 Å². The highest BCUT2D eigenvalue weighted by molar-refractivity contribution is 7.92. The summed E-state index contributed by atoms with van der Waals surface area (Å²) in [6.07, 6.45) is 0. The Hall–Kier alpha value is -3.00. The minimum absolute atomic E-state index is 0.0639.